The maximum Gasteiger partial charge on any atom is 0.221 e. The first-order valence-electron chi connectivity index (χ1n) is 6.13. The summed E-state index contributed by atoms with van der Waals surface area (Å²) in [5.41, 5.74) is 0. The number of nitrogens with zero attached hydrogens (tertiary/aromatic N) is 2. The van der Waals surface area contributed by atoms with E-state index in [0.29, 0.717) is 32.7 Å². The fourth-order valence-corrected chi connectivity index (χ4v) is 1.37. The van der Waals surface area contributed by atoms with Gasteiger partial charge in [0.2, 0.25) is 11.8 Å². The van der Waals surface area contributed by atoms with Crippen LogP contribution in [0, 0.1) is 0 Å². The molecular formula is C12H25N3O3. The topological polar surface area (TPSA) is 61.9 Å². The SMILES string of the molecule is COCCN(CCC(=O)NCCN(C)C)C(C)=O. The number of hydrogen-bond donors (Lipinski definition) is 1. The molecular weight excluding hydrogens is 234 g/mol. The molecule has 0 saturated carbocycles. The number of likely N-dealkylation sites (N-methyl/N-ethyl adjacent to an activating group) is 1. The van der Waals surface area contributed by atoms with Gasteiger partial charge < -0.3 is 19.9 Å². The van der Waals surface area contributed by atoms with Crippen LogP contribution in [0.5, 0.6) is 0 Å². The van der Waals surface area contributed by atoms with Gasteiger partial charge in [0.1, 0.15) is 0 Å². The van der Waals surface area contributed by atoms with Crippen LogP contribution in [0.25, 0.3) is 0 Å². The number of carbonyl (C=O) groups excluding carboxylic acids is 2. The van der Waals surface area contributed by atoms with E-state index in [-0.39, 0.29) is 11.8 Å². The molecule has 1 N–H and O–H groups in total. The molecule has 0 saturated heterocycles. The second-order valence-electron chi connectivity index (χ2n) is 4.40. The van der Waals surface area contributed by atoms with Gasteiger partial charge >= 0.3 is 0 Å². The van der Waals surface area contributed by atoms with Gasteiger partial charge in [-0.3, -0.25) is 9.59 Å². The quantitative estimate of drug-likeness (QED) is 0.609. The van der Waals surface area contributed by atoms with Gasteiger partial charge in [-0.2, -0.15) is 0 Å². The fourth-order valence-electron chi connectivity index (χ4n) is 1.37. The van der Waals surface area contributed by atoms with Crippen LogP contribution in [-0.2, 0) is 14.3 Å². The number of methoxy groups -OCH3 is 1. The van der Waals surface area contributed by atoms with Crippen molar-refractivity contribution in [3.8, 4) is 0 Å². The molecule has 0 heterocycles. The third kappa shape index (κ3) is 8.95. The molecule has 0 aliphatic heterocycles. The number of rotatable bonds is 9. The van der Waals surface area contributed by atoms with Gasteiger partial charge in [0.05, 0.1) is 6.61 Å². The van der Waals surface area contributed by atoms with Gasteiger partial charge in [-0.05, 0) is 14.1 Å². The van der Waals surface area contributed by atoms with Gasteiger partial charge in [-0.25, -0.2) is 0 Å². The lowest BCUT2D eigenvalue weighted by Gasteiger charge is -2.20. The standard InChI is InChI=1S/C12H25N3O3/c1-11(16)15(9-10-18-4)7-5-12(17)13-6-8-14(2)3/h5-10H2,1-4H3,(H,13,17). The average Bonchev–Trinajstić information content (AvgIpc) is 2.28. The predicted molar refractivity (Wildman–Crippen MR) is 70.3 cm³/mol. The highest BCUT2D eigenvalue weighted by Crippen LogP contribution is 1.93. The highest BCUT2D eigenvalue weighted by molar-refractivity contribution is 5.77. The Hall–Kier alpha value is -1.14. The zero-order chi connectivity index (χ0) is 14.0. The molecule has 0 aliphatic rings. The van der Waals surface area contributed by atoms with Gasteiger partial charge in [0.15, 0.2) is 0 Å². The van der Waals surface area contributed by atoms with Crippen molar-refractivity contribution in [2.24, 2.45) is 0 Å². The van der Waals surface area contributed by atoms with Gasteiger partial charge in [0, 0.05) is 46.6 Å². The van der Waals surface area contributed by atoms with Gasteiger partial charge in [-0.15, -0.1) is 0 Å². The van der Waals surface area contributed by atoms with E-state index in [1.54, 1.807) is 12.0 Å². The lowest BCUT2D eigenvalue weighted by molar-refractivity contribution is -0.130. The molecule has 0 aliphatic carbocycles. The van der Waals surface area contributed by atoms with E-state index in [1.165, 1.54) is 6.92 Å². The zero-order valence-electron chi connectivity index (χ0n) is 11.9. The Morgan fingerprint density at radius 1 is 1.17 bits per heavy atom. The van der Waals surface area contributed by atoms with Crippen molar-refractivity contribution in [1.82, 2.24) is 15.1 Å². The van der Waals surface area contributed by atoms with Crippen molar-refractivity contribution in [2.45, 2.75) is 13.3 Å². The van der Waals surface area contributed by atoms with E-state index >= 15 is 0 Å². The number of ether oxygens (including phenoxy) is 1. The van der Waals surface area contributed by atoms with Crippen LogP contribution >= 0.6 is 0 Å². The van der Waals surface area contributed by atoms with Crippen LogP contribution in [0.4, 0.5) is 0 Å². The van der Waals surface area contributed by atoms with Crippen molar-refractivity contribution in [3.63, 3.8) is 0 Å². The normalized spacial score (nSPS) is 10.5. The monoisotopic (exact) mass is 259 g/mol. The van der Waals surface area contributed by atoms with Gasteiger partial charge in [0.25, 0.3) is 0 Å². The molecule has 0 rings (SSSR count). The van der Waals surface area contributed by atoms with Crippen molar-refractivity contribution < 1.29 is 14.3 Å². The van der Waals surface area contributed by atoms with Crippen LogP contribution in [0.1, 0.15) is 13.3 Å². The molecule has 0 aromatic carbocycles. The summed E-state index contributed by atoms with van der Waals surface area (Å²) in [6.45, 7) is 4.39. The predicted octanol–water partition coefficient (Wildman–Crippen LogP) is -0.451. The third-order valence-electron chi connectivity index (χ3n) is 2.50. The fraction of sp³-hybridized carbons (Fsp3) is 0.833. The summed E-state index contributed by atoms with van der Waals surface area (Å²) in [5.74, 6) is -0.0614. The van der Waals surface area contributed by atoms with Crippen LogP contribution in [0.2, 0.25) is 0 Å². The van der Waals surface area contributed by atoms with E-state index in [0.717, 1.165) is 6.54 Å². The van der Waals surface area contributed by atoms with E-state index in [2.05, 4.69) is 5.32 Å². The smallest absolute Gasteiger partial charge is 0.221 e. The number of nitrogens with one attached hydrogen (secondary N) is 1. The zero-order valence-corrected chi connectivity index (χ0v) is 11.9. The van der Waals surface area contributed by atoms with Crippen LogP contribution in [0.15, 0.2) is 0 Å². The molecule has 0 aromatic rings. The first-order valence-corrected chi connectivity index (χ1v) is 6.13. The van der Waals surface area contributed by atoms with Crippen molar-refractivity contribution >= 4 is 11.8 Å². The Bertz CT molecular complexity index is 257. The largest absolute Gasteiger partial charge is 0.383 e. The summed E-state index contributed by atoms with van der Waals surface area (Å²) in [6, 6.07) is 0. The molecule has 0 aromatic heterocycles. The number of amides is 2. The minimum atomic E-state index is -0.0341. The molecule has 6 heteroatoms. The second-order valence-corrected chi connectivity index (χ2v) is 4.40. The van der Waals surface area contributed by atoms with Crippen molar-refractivity contribution in [2.75, 3.05) is 54.0 Å². The minimum absolute atomic E-state index is 0.0273. The molecule has 0 spiro atoms. The Morgan fingerprint density at radius 3 is 2.33 bits per heavy atom. The number of carbonyl (C=O) groups is 2. The lowest BCUT2D eigenvalue weighted by Crippen LogP contribution is -2.37. The molecule has 0 fully saturated rings. The first-order chi connectivity index (χ1) is 8.47. The first kappa shape index (κ1) is 16.9. The maximum atomic E-state index is 11.5. The van der Waals surface area contributed by atoms with Crippen LogP contribution < -0.4 is 5.32 Å². The Balaban J connectivity index is 3.81. The van der Waals surface area contributed by atoms with Gasteiger partial charge in [-0.1, -0.05) is 0 Å². The van der Waals surface area contributed by atoms with E-state index in [4.69, 9.17) is 4.74 Å². The van der Waals surface area contributed by atoms with E-state index in [1.807, 2.05) is 19.0 Å². The molecule has 0 atom stereocenters. The maximum absolute atomic E-state index is 11.5. The molecule has 0 unspecified atom stereocenters. The molecule has 18 heavy (non-hydrogen) atoms. The minimum Gasteiger partial charge on any atom is -0.383 e. The number of hydrogen-bond acceptors (Lipinski definition) is 4. The van der Waals surface area contributed by atoms with Crippen molar-refractivity contribution in [3.05, 3.63) is 0 Å². The molecule has 0 radical (unpaired) electrons. The molecule has 0 bridgehead atoms. The summed E-state index contributed by atoms with van der Waals surface area (Å²) in [4.78, 5) is 26.4. The second kappa shape index (κ2) is 9.85. The summed E-state index contributed by atoms with van der Waals surface area (Å²) in [6.07, 6.45) is 0.330. The highest BCUT2D eigenvalue weighted by Gasteiger charge is 2.10. The van der Waals surface area contributed by atoms with Crippen molar-refractivity contribution in [1.29, 1.82) is 0 Å². The Morgan fingerprint density at radius 2 is 1.83 bits per heavy atom. The van der Waals surface area contributed by atoms with E-state index in [9.17, 15) is 9.59 Å². The van der Waals surface area contributed by atoms with E-state index < -0.39 is 0 Å². The lowest BCUT2D eigenvalue weighted by atomic mass is 10.3. The molecule has 2 amide bonds. The summed E-state index contributed by atoms with van der Waals surface area (Å²) < 4.78 is 4.92. The Labute approximate surface area is 109 Å². The summed E-state index contributed by atoms with van der Waals surface area (Å²) in [5, 5.41) is 2.81. The molecule has 6 nitrogen and oxygen atoms in total. The average molecular weight is 259 g/mol. The van der Waals surface area contributed by atoms with Crippen LogP contribution in [0.3, 0.4) is 0 Å². The third-order valence-corrected chi connectivity index (χ3v) is 2.50. The van der Waals surface area contributed by atoms with Crippen LogP contribution in [-0.4, -0.2) is 75.6 Å². The Kier molecular flexibility index (Phi) is 9.22. The highest BCUT2D eigenvalue weighted by atomic mass is 16.5. The summed E-state index contributed by atoms with van der Waals surface area (Å²) in [7, 11) is 5.50. The summed E-state index contributed by atoms with van der Waals surface area (Å²) >= 11 is 0. The molecule has 106 valence electrons.